The van der Waals surface area contributed by atoms with Crippen LogP contribution in [0.15, 0.2) is 0 Å². The molecule has 1 amide bonds. The molecule has 0 spiro atoms. The first-order valence-electron chi connectivity index (χ1n) is 6.65. The van der Waals surface area contributed by atoms with Gasteiger partial charge in [0.1, 0.15) is 0 Å². The van der Waals surface area contributed by atoms with Crippen molar-refractivity contribution in [1.82, 2.24) is 9.80 Å². The highest BCUT2D eigenvalue weighted by atomic mass is 16.2. The maximum Gasteiger partial charge on any atom is 0.239 e. The van der Waals surface area contributed by atoms with Gasteiger partial charge in [0.2, 0.25) is 5.91 Å². The highest BCUT2D eigenvalue weighted by Crippen LogP contribution is 2.16. The van der Waals surface area contributed by atoms with E-state index in [9.17, 15) is 4.79 Å². The van der Waals surface area contributed by atoms with Gasteiger partial charge in [0, 0.05) is 31.7 Å². The average Bonchev–Trinajstić information content (AvgIpc) is 2.27. The molecular formula is C13H27N3O. The van der Waals surface area contributed by atoms with E-state index in [1.807, 2.05) is 4.90 Å². The molecule has 1 fully saturated rings. The van der Waals surface area contributed by atoms with Crippen molar-refractivity contribution in [3.05, 3.63) is 0 Å². The van der Waals surface area contributed by atoms with Gasteiger partial charge in [-0.15, -0.1) is 0 Å². The number of hydrogen-bond acceptors (Lipinski definition) is 3. The lowest BCUT2D eigenvalue weighted by Crippen LogP contribution is -2.57. The minimum Gasteiger partial charge on any atom is -0.339 e. The smallest absolute Gasteiger partial charge is 0.239 e. The summed E-state index contributed by atoms with van der Waals surface area (Å²) in [5.41, 5.74) is 6.07. The molecule has 1 aliphatic heterocycles. The van der Waals surface area contributed by atoms with Gasteiger partial charge in [-0.1, -0.05) is 13.3 Å². The molecule has 4 heteroatoms. The lowest BCUT2D eigenvalue weighted by Gasteiger charge is -2.42. The van der Waals surface area contributed by atoms with Crippen LogP contribution >= 0.6 is 0 Å². The second-order valence-electron chi connectivity index (χ2n) is 5.88. The lowest BCUT2D eigenvalue weighted by atomic mass is 10.0. The number of rotatable bonds is 3. The average molecular weight is 241 g/mol. The largest absolute Gasteiger partial charge is 0.339 e. The summed E-state index contributed by atoms with van der Waals surface area (Å²) in [6.07, 6.45) is 1.76. The molecule has 2 N–H and O–H groups in total. The van der Waals surface area contributed by atoms with E-state index in [-0.39, 0.29) is 17.5 Å². The van der Waals surface area contributed by atoms with Crippen LogP contribution in [0.4, 0.5) is 0 Å². The Kier molecular flexibility index (Phi) is 4.95. The predicted octanol–water partition coefficient (Wildman–Crippen LogP) is 1.06. The molecule has 1 aliphatic rings. The number of carbonyl (C=O) groups excluding carboxylic acids is 1. The monoisotopic (exact) mass is 241 g/mol. The van der Waals surface area contributed by atoms with E-state index in [1.165, 1.54) is 0 Å². The van der Waals surface area contributed by atoms with Crippen molar-refractivity contribution in [2.24, 2.45) is 5.73 Å². The van der Waals surface area contributed by atoms with Crippen molar-refractivity contribution in [2.75, 3.05) is 26.2 Å². The van der Waals surface area contributed by atoms with E-state index in [0.717, 1.165) is 39.0 Å². The summed E-state index contributed by atoms with van der Waals surface area (Å²) in [6, 6.07) is -0.304. The molecular weight excluding hydrogens is 214 g/mol. The maximum absolute atomic E-state index is 12.0. The third kappa shape index (κ3) is 3.96. The molecule has 1 atom stereocenters. The number of amides is 1. The van der Waals surface area contributed by atoms with E-state index >= 15 is 0 Å². The van der Waals surface area contributed by atoms with Crippen LogP contribution in [-0.2, 0) is 4.79 Å². The van der Waals surface area contributed by atoms with E-state index in [0.29, 0.717) is 0 Å². The Morgan fingerprint density at radius 3 is 2.18 bits per heavy atom. The second kappa shape index (κ2) is 5.83. The van der Waals surface area contributed by atoms with Gasteiger partial charge in [-0.25, -0.2) is 0 Å². The molecule has 0 radical (unpaired) electrons. The van der Waals surface area contributed by atoms with Crippen LogP contribution < -0.4 is 5.73 Å². The normalized spacial score (nSPS) is 20.4. The molecule has 4 nitrogen and oxygen atoms in total. The van der Waals surface area contributed by atoms with Crippen molar-refractivity contribution >= 4 is 5.91 Å². The fraction of sp³-hybridized carbons (Fsp3) is 0.923. The van der Waals surface area contributed by atoms with Crippen LogP contribution in [0.1, 0.15) is 40.5 Å². The Morgan fingerprint density at radius 1 is 1.24 bits per heavy atom. The second-order valence-corrected chi connectivity index (χ2v) is 5.88. The van der Waals surface area contributed by atoms with Crippen LogP contribution in [0.2, 0.25) is 0 Å². The van der Waals surface area contributed by atoms with Crippen LogP contribution in [0, 0.1) is 0 Å². The summed E-state index contributed by atoms with van der Waals surface area (Å²) in [5.74, 6) is 0.125. The summed E-state index contributed by atoms with van der Waals surface area (Å²) in [4.78, 5) is 16.4. The number of carbonyl (C=O) groups is 1. The van der Waals surface area contributed by atoms with Crippen molar-refractivity contribution in [3.63, 3.8) is 0 Å². The van der Waals surface area contributed by atoms with Crippen molar-refractivity contribution in [3.8, 4) is 0 Å². The number of nitrogens with zero attached hydrogens (tertiary/aromatic N) is 2. The van der Waals surface area contributed by atoms with Crippen molar-refractivity contribution < 1.29 is 4.79 Å². The summed E-state index contributed by atoms with van der Waals surface area (Å²) >= 11 is 0. The number of hydrogen-bond donors (Lipinski definition) is 1. The van der Waals surface area contributed by atoms with Crippen molar-refractivity contribution in [2.45, 2.75) is 52.1 Å². The minimum atomic E-state index is -0.304. The summed E-state index contributed by atoms with van der Waals surface area (Å²) in [7, 11) is 0. The van der Waals surface area contributed by atoms with Gasteiger partial charge in [0.25, 0.3) is 0 Å². The summed E-state index contributed by atoms with van der Waals surface area (Å²) in [5, 5.41) is 0. The molecule has 17 heavy (non-hydrogen) atoms. The van der Waals surface area contributed by atoms with Crippen LogP contribution in [-0.4, -0.2) is 53.5 Å². The molecule has 1 saturated heterocycles. The highest BCUT2D eigenvalue weighted by molar-refractivity contribution is 5.81. The van der Waals surface area contributed by atoms with E-state index < -0.39 is 0 Å². The molecule has 1 heterocycles. The van der Waals surface area contributed by atoms with Gasteiger partial charge in [-0.2, -0.15) is 0 Å². The Balaban J connectivity index is 2.44. The molecule has 0 aromatic rings. The van der Waals surface area contributed by atoms with Gasteiger partial charge >= 0.3 is 0 Å². The van der Waals surface area contributed by atoms with E-state index in [1.54, 1.807) is 0 Å². The minimum absolute atomic E-state index is 0.125. The Bertz CT molecular complexity index is 252. The standard InChI is InChI=1S/C13H27N3O/c1-5-6-11(14)12(17)15-7-9-16(10-8-15)13(2,3)4/h11H,5-10,14H2,1-4H3. The van der Waals surface area contributed by atoms with E-state index in [2.05, 4.69) is 32.6 Å². The zero-order valence-corrected chi connectivity index (χ0v) is 11.7. The first-order chi connectivity index (χ1) is 7.86. The zero-order valence-electron chi connectivity index (χ0n) is 11.7. The lowest BCUT2D eigenvalue weighted by molar-refractivity contribution is -0.135. The van der Waals surface area contributed by atoms with Gasteiger partial charge in [-0.05, 0) is 27.2 Å². The fourth-order valence-corrected chi connectivity index (χ4v) is 2.27. The van der Waals surface area contributed by atoms with Gasteiger partial charge in [0.05, 0.1) is 6.04 Å². The van der Waals surface area contributed by atoms with Gasteiger partial charge in [0.15, 0.2) is 0 Å². The highest BCUT2D eigenvalue weighted by Gasteiger charge is 2.29. The van der Waals surface area contributed by atoms with Crippen LogP contribution in [0.3, 0.4) is 0 Å². The summed E-state index contributed by atoms with van der Waals surface area (Å²) < 4.78 is 0. The third-order valence-electron chi connectivity index (χ3n) is 3.46. The number of nitrogens with two attached hydrogens (primary N) is 1. The molecule has 1 rings (SSSR count). The molecule has 0 aromatic carbocycles. The Hall–Kier alpha value is -0.610. The van der Waals surface area contributed by atoms with Gasteiger partial charge < -0.3 is 10.6 Å². The summed E-state index contributed by atoms with van der Waals surface area (Å²) in [6.45, 7) is 12.2. The molecule has 0 aliphatic carbocycles. The van der Waals surface area contributed by atoms with E-state index in [4.69, 9.17) is 5.73 Å². The Labute approximate surface area is 105 Å². The van der Waals surface area contributed by atoms with Gasteiger partial charge in [-0.3, -0.25) is 9.69 Å². The van der Waals surface area contributed by atoms with Crippen molar-refractivity contribution in [1.29, 1.82) is 0 Å². The quantitative estimate of drug-likeness (QED) is 0.803. The SMILES string of the molecule is CCCC(N)C(=O)N1CCN(C(C)(C)C)CC1. The molecule has 100 valence electrons. The maximum atomic E-state index is 12.0. The molecule has 0 saturated carbocycles. The predicted molar refractivity (Wildman–Crippen MR) is 70.8 cm³/mol. The molecule has 1 unspecified atom stereocenters. The first-order valence-corrected chi connectivity index (χ1v) is 6.65. The Morgan fingerprint density at radius 2 is 1.76 bits per heavy atom. The molecule has 0 bridgehead atoms. The van der Waals surface area contributed by atoms with Crippen LogP contribution in [0.25, 0.3) is 0 Å². The molecule has 0 aromatic heterocycles. The first kappa shape index (κ1) is 14.5. The fourth-order valence-electron chi connectivity index (χ4n) is 2.27. The number of piperazine rings is 1. The van der Waals surface area contributed by atoms with Crippen LogP contribution in [0.5, 0.6) is 0 Å². The third-order valence-corrected chi connectivity index (χ3v) is 3.46. The zero-order chi connectivity index (χ0) is 13.1. The topological polar surface area (TPSA) is 49.6 Å².